The lowest BCUT2D eigenvalue weighted by molar-refractivity contribution is -0.120. The van der Waals surface area contributed by atoms with Crippen molar-refractivity contribution in [3.05, 3.63) is 71.9 Å². The Morgan fingerprint density at radius 3 is 2.50 bits per heavy atom. The molecule has 0 aliphatic carbocycles. The van der Waals surface area contributed by atoms with Gasteiger partial charge in [-0.25, -0.2) is 8.42 Å². The molecular formula is C21H25N3O3S. The molecule has 2 aromatic carbocycles. The van der Waals surface area contributed by atoms with E-state index in [9.17, 15) is 13.2 Å². The molecule has 0 aliphatic heterocycles. The highest BCUT2D eigenvalue weighted by Gasteiger charge is 2.24. The van der Waals surface area contributed by atoms with E-state index in [4.69, 9.17) is 0 Å². The van der Waals surface area contributed by atoms with Crippen molar-refractivity contribution in [3.8, 4) is 0 Å². The van der Waals surface area contributed by atoms with Crippen molar-refractivity contribution in [2.45, 2.75) is 19.4 Å². The highest BCUT2D eigenvalue weighted by molar-refractivity contribution is 7.88. The van der Waals surface area contributed by atoms with E-state index in [2.05, 4.69) is 10.3 Å². The summed E-state index contributed by atoms with van der Waals surface area (Å²) in [7, 11) is -3.41. The predicted molar refractivity (Wildman–Crippen MR) is 111 cm³/mol. The van der Waals surface area contributed by atoms with Gasteiger partial charge in [0.1, 0.15) is 0 Å². The van der Waals surface area contributed by atoms with Gasteiger partial charge in [0, 0.05) is 36.2 Å². The van der Waals surface area contributed by atoms with Crippen LogP contribution in [0.15, 0.2) is 60.8 Å². The first kappa shape index (κ1) is 20.1. The Kier molecular flexibility index (Phi) is 6.16. The smallest absolute Gasteiger partial charge is 0.224 e. The molecular weight excluding hydrogens is 374 g/mol. The number of nitrogens with one attached hydrogen (secondary N) is 2. The second-order valence-electron chi connectivity index (χ2n) is 6.85. The molecule has 3 rings (SSSR count). The van der Waals surface area contributed by atoms with Gasteiger partial charge in [0.2, 0.25) is 15.9 Å². The quantitative estimate of drug-likeness (QED) is 0.611. The fourth-order valence-electron chi connectivity index (χ4n) is 3.36. The molecule has 1 amide bonds. The van der Waals surface area contributed by atoms with Crippen molar-refractivity contribution in [2.24, 2.45) is 0 Å². The van der Waals surface area contributed by atoms with Crippen molar-refractivity contribution >= 4 is 26.8 Å². The summed E-state index contributed by atoms with van der Waals surface area (Å²) in [6.45, 7) is 2.32. The molecule has 1 aromatic heterocycles. The second-order valence-corrected chi connectivity index (χ2v) is 8.78. The average molecular weight is 400 g/mol. The third kappa shape index (κ3) is 4.79. The van der Waals surface area contributed by atoms with Crippen LogP contribution < -0.4 is 5.32 Å². The summed E-state index contributed by atoms with van der Waals surface area (Å²) in [5.41, 5.74) is 2.83. The molecule has 3 aromatic rings. The largest absolute Gasteiger partial charge is 0.361 e. The van der Waals surface area contributed by atoms with Crippen LogP contribution in [0.5, 0.6) is 0 Å². The first-order chi connectivity index (χ1) is 13.4. The number of fused-ring (bicyclic) bond motifs is 1. The molecule has 0 radical (unpaired) electrons. The molecule has 1 unspecified atom stereocenters. The minimum atomic E-state index is -3.41. The van der Waals surface area contributed by atoms with E-state index >= 15 is 0 Å². The SMILES string of the molecule is CC(c1ccccc1)N(CCNC(=O)Cc1c[nH]c2ccccc12)S(C)(=O)=O. The van der Waals surface area contributed by atoms with Crippen LogP contribution in [0.3, 0.4) is 0 Å². The number of rotatable bonds is 8. The first-order valence-electron chi connectivity index (χ1n) is 9.19. The van der Waals surface area contributed by atoms with Crippen LogP contribution in [0.1, 0.15) is 24.1 Å². The average Bonchev–Trinajstić information content (AvgIpc) is 3.07. The number of carbonyl (C=O) groups excluding carboxylic acids is 1. The molecule has 0 aliphatic rings. The third-order valence-corrected chi connectivity index (χ3v) is 6.17. The lowest BCUT2D eigenvalue weighted by Gasteiger charge is -2.27. The number of amides is 1. The molecule has 28 heavy (non-hydrogen) atoms. The zero-order valence-corrected chi connectivity index (χ0v) is 16.9. The van der Waals surface area contributed by atoms with E-state index in [1.54, 1.807) is 0 Å². The highest BCUT2D eigenvalue weighted by atomic mass is 32.2. The monoisotopic (exact) mass is 399 g/mol. The Bertz CT molecular complexity index is 1040. The van der Waals surface area contributed by atoms with Gasteiger partial charge in [0.05, 0.1) is 12.7 Å². The van der Waals surface area contributed by atoms with Crippen LogP contribution in [0.2, 0.25) is 0 Å². The zero-order valence-electron chi connectivity index (χ0n) is 16.1. The molecule has 148 valence electrons. The van der Waals surface area contributed by atoms with Gasteiger partial charge in [-0.05, 0) is 24.1 Å². The summed E-state index contributed by atoms with van der Waals surface area (Å²) in [6, 6.07) is 17.0. The van der Waals surface area contributed by atoms with Crippen molar-refractivity contribution < 1.29 is 13.2 Å². The van der Waals surface area contributed by atoms with Gasteiger partial charge in [-0.3, -0.25) is 4.79 Å². The topological polar surface area (TPSA) is 82.3 Å². The summed E-state index contributed by atoms with van der Waals surface area (Å²) in [6.07, 6.45) is 3.28. The van der Waals surface area contributed by atoms with Crippen molar-refractivity contribution in [2.75, 3.05) is 19.3 Å². The number of nitrogens with zero attached hydrogens (tertiary/aromatic N) is 1. The molecule has 7 heteroatoms. The van der Waals surface area contributed by atoms with Crippen LogP contribution in [0.4, 0.5) is 0 Å². The van der Waals surface area contributed by atoms with Crippen LogP contribution >= 0.6 is 0 Å². The number of carbonyl (C=O) groups is 1. The van der Waals surface area contributed by atoms with Gasteiger partial charge in [0.15, 0.2) is 0 Å². The van der Waals surface area contributed by atoms with Gasteiger partial charge in [0.25, 0.3) is 0 Å². The zero-order chi connectivity index (χ0) is 20.1. The summed E-state index contributed by atoms with van der Waals surface area (Å²) in [5.74, 6) is -0.134. The molecule has 1 atom stereocenters. The predicted octanol–water partition coefficient (Wildman–Crippen LogP) is 2.85. The maximum Gasteiger partial charge on any atom is 0.224 e. The van der Waals surface area contributed by atoms with Crippen LogP contribution in [-0.2, 0) is 21.2 Å². The van der Waals surface area contributed by atoms with Gasteiger partial charge in [-0.1, -0.05) is 48.5 Å². The fourth-order valence-corrected chi connectivity index (χ4v) is 4.48. The van der Waals surface area contributed by atoms with Crippen LogP contribution in [-0.4, -0.2) is 43.0 Å². The van der Waals surface area contributed by atoms with Crippen LogP contribution in [0.25, 0.3) is 10.9 Å². The number of aromatic nitrogens is 1. The Hall–Kier alpha value is -2.64. The first-order valence-corrected chi connectivity index (χ1v) is 11.0. The van der Waals surface area contributed by atoms with Gasteiger partial charge < -0.3 is 10.3 Å². The minimum Gasteiger partial charge on any atom is -0.361 e. The maximum absolute atomic E-state index is 12.3. The third-order valence-electron chi connectivity index (χ3n) is 4.82. The number of H-pyrrole nitrogens is 1. The maximum atomic E-state index is 12.3. The normalized spacial score (nSPS) is 13.0. The minimum absolute atomic E-state index is 0.134. The van der Waals surface area contributed by atoms with Crippen molar-refractivity contribution in [3.63, 3.8) is 0 Å². The van der Waals surface area contributed by atoms with E-state index in [-0.39, 0.29) is 31.5 Å². The van der Waals surface area contributed by atoms with Gasteiger partial charge >= 0.3 is 0 Å². The van der Waals surface area contributed by atoms with Crippen molar-refractivity contribution in [1.82, 2.24) is 14.6 Å². The molecule has 6 nitrogen and oxygen atoms in total. The summed E-state index contributed by atoms with van der Waals surface area (Å²) in [5, 5.41) is 3.86. The van der Waals surface area contributed by atoms with Crippen LogP contribution in [0, 0.1) is 0 Å². The highest BCUT2D eigenvalue weighted by Crippen LogP contribution is 2.22. The number of sulfonamides is 1. The van der Waals surface area contributed by atoms with E-state index in [0.29, 0.717) is 0 Å². The lowest BCUT2D eigenvalue weighted by Crippen LogP contribution is -2.39. The van der Waals surface area contributed by atoms with E-state index in [1.165, 1.54) is 10.6 Å². The van der Waals surface area contributed by atoms with E-state index < -0.39 is 10.0 Å². The summed E-state index contributed by atoms with van der Waals surface area (Å²) >= 11 is 0. The fraction of sp³-hybridized carbons (Fsp3) is 0.286. The lowest BCUT2D eigenvalue weighted by atomic mass is 10.1. The van der Waals surface area contributed by atoms with Gasteiger partial charge in [-0.15, -0.1) is 0 Å². The molecule has 1 heterocycles. The standard InChI is InChI=1S/C21H25N3O3S/c1-16(17-8-4-3-5-9-17)24(28(2,26)27)13-12-22-21(25)14-18-15-23-20-11-7-6-10-19(18)20/h3-11,15-16,23H,12-14H2,1-2H3,(H,22,25). The molecule has 0 fully saturated rings. The summed E-state index contributed by atoms with van der Waals surface area (Å²) < 4.78 is 25.9. The van der Waals surface area contributed by atoms with E-state index in [0.717, 1.165) is 22.0 Å². The number of aromatic amines is 1. The van der Waals surface area contributed by atoms with E-state index in [1.807, 2.05) is 67.7 Å². The molecule has 0 saturated heterocycles. The number of para-hydroxylation sites is 1. The Labute approximate surface area is 165 Å². The Morgan fingerprint density at radius 2 is 1.79 bits per heavy atom. The molecule has 0 spiro atoms. The molecule has 0 bridgehead atoms. The Morgan fingerprint density at radius 1 is 1.11 bits per heavy atom. The molecule has 0 saturated carbocycles. The Balaban J connectivity index is 1.60. The second kappa shape index (κ2) is 8.58. The molecule has 2 N–H and O–H groups in total. The van der Waals surface area contributed by atoms with Gasteiger partial charge in [-0.2, -0.15) is 4.31 Å². The summed E-state index contributed by atoms with van der Waals surface area (Å²) in [4.78, 5) is 15.5. The number of hydrogen-bond acceptors (Lipinski definition) is 3. The number of hydrogen-bond donors (Lipinski definition) is 2. The number of benzene rings is 2. The van der Waals surface area contributed by atoms with Crippen molar-refractivity contribution in [1.29, 1.82) is 0 Å².